The standard InChI is InChI=1S/C14H21N3O2/c1-9(2)8-17-12(5)13(11(4)16-17)6-14(18)19-10(3)7-15/h9-10H,6,8H2,1-5H3. The van der Waals surface area contributed by atoms with Gasteiger partial charge in [-0.1, -0.05) is 13.8 Å². The lowest BCUT2D eigenvalue weighted by molar-refractivity contribution is -0.145. The minimum Gasteiger partial charge on any atom is -0.447 e. The molecule has 1 rings (SSSR count). The lowest BCUT2D eigenvalue weighted by Gasteiger charge is -2.08. The van der Waals surface area contributed by atoms with Crippen molar-refractivity contribution in [3.05, 3.63) is 17.0 Å². The van der Waals surface area contributed by atoms with Gasteiger partial charge in [0.2, 0.25) is 0 Å². The highest BCUT2D eigenvalue weighted by Gasteiger charge is 2.17. The highest BCUT2D eigenvalue weighted by atomic mass is 16.5. The minimum atomic E-state index is -0.709. The molecule has 19 heavy (non-hydrogen) atoms. The number of aromatic nitrogens is 2. The Morgan fingerprint density at radius 1 is 1.42 bits per heavy atom. The molecule has 104 valence electrons. The van der Waals surface area contributed by atoms with E-state index in [1.165, 1.54) is 0 Å². The zero-order valence-electron chi connectivity index (χ0n) is 12.2. The zero-order valence-corrected chi connectivity index (χ0v) is 12.2. The monoisotopic (exact) mass is 263 g/mol. The molecule has 1 unspecified atom stereocenters. The fourth-order valence-electron chi connectivity index (χ4n) is 1.92. The van der Waals surface area contributed by atoms with E-state index < -0.39 is 6.10 Å². The zero-order chi connectivity index (χ0) is 14.6. The van der Waals surface area contributed by atoms with Crippen molar-refractivity contribution < 1.29 is 9.53 Å². The summed E-state index contributed by atoms with van der Waals surface area (Å²) in [5.74, 6) is 0.112. The van der Waals surface area contributed by atoms with Crippen LogP contribution in [0.1, 0.15) is 37.7 Å². The number of hydrogen-bond acceptors (Lipinski definition) is 4. The molecule has 0 aliphatic rings. The van der Waals surface area contributed by atoms with Crippen molar-refractivity contribution in [3.8, 4) is 6.07 Å². The quantitative estimate of drug-likeness (QED) is 0.763. The molecule has 0 N–H and O–H groups in total. The number of carbonyl (C=O) groups excluding carboxylic acids is 1. The molecule has 0 amide bonds. The maximum Gasteiger partial charge on any atom is 0.311 e. The molecule has 0 aromatic carbocycles. The Balaban J connectivity index is 2.82. The number of hydrogen-bond donors (Lipinski definition) is 0. The molecule has 1 atom stereocenters. The molecule has 0 spiro atoms. The Hall–Kier alpha value is -1.83. The third-order valence-electron chi connectivity index (χ3n) is 2.88. The SMILES string of the molecule is Cc1nn(CC(C)C)c(C)c1CC(=O)OC(C)C#N. The molecule has 0 saturated heterocycles. The van der Waals surface area contributed by atoms with E-state index in [0.717, 1.165) is 23.5 Å². The van der Waals surface area contributed by atoms with Gasteiger partial charge in [-0.3, -0.25) is 9.48 Å². The van der Waals surface area contributed by atoms with Crippen LogP contribution in [0.5, 0.6) is 0 Å². The van der Waals surface area contributed by atoms with E-state index in [4.69, 9.17) is 10.00 Å². The Morgan fingerprint density at radius 2 is 2.05 bits per heavy atom. The molecule has 0 aliphatic carbocycles. The lowest BCUT2D eigenvalue weighted by atomic mass is 10.1. The lowest BCUT2D eigenvalue weighted by Crippen LogP contribution is -2.16. The summed E-state index contributed by atoms with van der Waals surface area (Å²) >= 11 is 0. The number of ether oxygens (including phenoxy) is 1. The smallest absolute Gasteiger partial charge is 0.311 e. The van der Waals surface area contributed by atoms with Crippen LogP contribution < -0.4 is 0 Å². The average molecular weight is 263 g/mol. The van der Waals surface area contributed by atoms with Crippen LogP contribution in [0.2, 0.25) is 0 Å². The summed E-state index contributed by atoms with van der Waals surface area (Å²) in [6.45, 7) is 10.5. The highest BCUT2D eigenvalue weighted by molar-refractivity contribution is 5.73. The molecule has 0 bridgehead atoms. The Bertz CT molecular complexity index is 498. The number of carbonyl (C=O) groups is 1. The van der Waals surface area contributed by atoms with Gasteiger partial charge in [0.15, 0.2) is 6.10 Å². The first-order valence-electron chi connectivity index (χ1n) is 6.47. The van der Waals surface area contributed by atoms with Crippen molar-refractivity contribution in [2.45, 2.75) is 53.7 Å². The Kier molecular flexibility index (Phi) is 5.11. The summed E-state index contributed by atoms with van der Waals surface area (Å²) < 4.78 is 6.89. The molecule has 5 heteroatoms. The van der Waals surface area contributed by atoms with E-state index in [1.54, 1.807) is 6.92 Å². The fraction of sp³-hybridized carbons (Fsp3) is 0.643. The predicted octanol–water partition coefficient (Wildman–Crippen LogP) is 2.15. The van der Waals surface area contributed by atoms with Gasteiger partial charge >= 0.3 is 5.97 Å². The minimum absolute atomic E-state index is 0.168. The van der Waals surface area contributed by atoms with Crippen molar-refractivity contribution in [3.63, 3.8) is 0 Å². The molecule has 0 radical (unpaired) electrons. The van der Waals surface area contributed by atoms with Gasteiger partial charge in [-0.05, 0) is 26.7 Å². The van der Waals surface area contributed by atoms with Gasteiger partial charge in [-0.15, -0.1) is 0 Å². The molecule has 0 fully saturated rings. The summed E-state index contributed by atoms with van der Waals surface area (Å²) in [6, 6.07) is 1.88. The number of esters is 1. The van der Waals surface area contributed by atoms with E-state index in [0.29, 0.717) is 5.92 Å². The first kappa shape index (κ1) is 15.2. The summed E-state index contributed by atoms with van der Waals surface area (Å²) in [5, 5.41) is 13.1. The van der Waals surface area contributed by atoms with Crippen LogP contribution in [-0.2, 0) is 22.5 Å². The van der Waals surface area contributed by atoms with Crippen LogP contribution in [-0.4, -0.2) is 21.9 Å². The van der Waals surface area contributed by atoms with Gasteiger partial charge in [0.1, 0.15) is 6.07 Å². The van der Waals surface area contributed by atoms with Crippen molar-refractivity contribution in [2.75, 3.05) is 0 Å². The number of nitrogens with zero attached hydrogens (tertiary/aromatic N) is 3. The summed E-state index contributed by atoms with van der Waals surface area (Å²) in [7, 11) is 0. The molecular weight excluding hydrogens is 242 g/mol. The van der Waals surface area contributed by atoms with E-state index in [-0.39, 0.29) is 12.4 Å². The topological polar surface area (TPSA) is 67.9 Å². The van der Waals surface area contributed by atoms with Crippen LogP contribution in [0.15, 0.2) is 0 Å². The van der Waals surface area contributed by atoms with Crippen LogP contribution in [0, 0.1) is 31.1 Å². The van der Waals surface area contributed by atoms with Crippen LogP contribution in [0.3, 0.4) is 0 Å². The maximum atomic E-state index is 11.7. The Labute approximate surface area is 114 Å². The summed E-state index contributed by atoms with van der Waals surface area (Å²) in [5.41, 5.74) is 2.74. The second-order valence-corrected chi connectivity index (χ2v) is 5.16. The van der Waals surface area contributed by atoms with Gasteiger partial charge in [-0.25, -0.2) is 0 Å². The van der Waals surface area contributed by atoms with Crippen molar-refractivity contribution in [2.24, 2.45) is 5.92 Å². The largest absolute Gasteiger partial charge is 0.447 e. The van der Waals surface area contributed by atoms with E-state index in [1.807, 2.05) is 24.6 Å². The molecule has 1 aromatic heterocycles. The van der Waals surface area contributed by atoms with Gasteiger partial charge < -0.3 is 4.74 Å². The van der Waals surface area contributed by atoms with E-state index >= 15 is 0 Å². The average Bonchev–Trinajstić information content (AvgIpc) is 2.56. The van der Waals surface area contributed by atoms with Crippen molar-refractivity contribution in [1.82, 2.24) is 9.78 Å². The number of aryl methyl sites for hydroxylation is 1. The van der Waals surface area contributed by atoms with Crippen molar-refractivity contribution in [1.29, 1.82) is 5.26 Å². The van der Waals surface area contributed by atoms with Crippen LogP contribution >= 0.6 is 0 Å². The van der Waals surface area contributed by atoms with E-state index in [9.17, 15) is 4.79 Å². The van der Waals surface area contributed by atoms with Gasteiger partial charge in [0.25, 0.3) is 0 Å². The maximum absolute atomic E-state index is 11.7. The van der Waals surface area contributed by atoms with Gasteiger partial charge in [0.05, 0.1) is 12.1 Å². The highest BCUT2D eigenvalue weighted by Crippen LogP contribution is 2.16. The van der Waals surface area contributed by atoms with Crippen LogP contribution in [0.25, 0.3) is 0 Å². The normalized spacial score (nSPS) is 12.3. The van der Waals surface area contributed by atoms with E-state index in [2.05, 4.69) is 18.9 Å². The predicted molar refractivity (Wildman–Crippen MR) is 71.4 cm³/mol. The first-order chi connectivity index (χ1) is 8.85. The molecule has 1 heterocycles. The first-order valence-corrected chi connectivity index (χ1v) is 6.47. The third-order valence-corrected chi connectivity index (χ3v) is 2.88. The molecule has 0 aliphatic heterocycles. The Morgan fingerprint density at radius 3 is 2.58 bits per heavy atom. The van der Waals surface area contributed by atoms with Gasteiger partial charge in [0, 0.05) is 17.8 Å². The van der Waals surface area contributed by atoms with Gasteiger partial charge in [-0.2, -0.15) is 10.4 Å². The fourth-order valence-corrected chi connectivity index (χ4v) is 1.92. The summed E-state index contributed by atoms with van der Waals surface area (Å²) in [6.07, 6.45) is -0.541. The second kappa shape index (κ2) is 6.37. The van der Waals surface area contributed by atoms with Crippen molar-refractivity contribution >= 4 is 5.97 Å². The summed E-state index contributed by atoms with van der Waals surface area (Å²) in [4.78, 5) is 11.7. The number of rotatable bonds is 5. The second-order valence-electron chi connectivity index (χ2n) is 5.16. The molecule has 0 saturated carbocycles. The molecule has 5 nitrogen and oxygen atoms in total. The molecular formula is C14H21N3O2. The van der Waals surface area contributed by atoms with Crippen LogP contribution in [0.4, 0.5) is 0 Å². The molecule has 1 aromatic rings. The third kappa shape index (κ3) is 4.09. The number of nitriles is 1.